The fraction of sp³-hybridized carbons (Fsp3) is 0.455. The van der Waals surface area contributed by atoms with Crippen LogP contribution >= 0.6 is 11.6 Å². The Kier molecular flexibility index (Phi) is 7.72. The third kappa shape index (κ3) is 4.88. The Balaban J connectivity index is 0.00000160. The number of nitrogens with zero attached hydrogens (tertiary/aromatic N) is 3. The Labute approximate surface area is 187 Å². The number of fused-ring (bicyclic) bond motifs is 2. The van der Waals surface area contributed by atoms with E-state index in [4.69, 9.17) is 11.6 Å². The number of hydrogen-bond donors (Lipinski definition) is 1. The van der Waals surface area contributed by atoms with Gasteiger partial charge in [-0.1, -0.05) is 38.6 Å². The average molecular weight is 455 g/mol. The molecule has 0 spiro atoms. The van der Waals surface area contributed by atoms with Crippen LogP contribution in [0.5, 0.6) is 0 Å². The van der Waals surface area contributed by atoms with Crippen LogP contribution in [0, 0.1) is 5.21 Å². The van der Waals surface area contributed by atoms with Gasteiger partial charge in [-0.3, -0.25) is 0 Å². The minimum atomic E-state index is -1.24. The highest BCUT2D eigenvalue weighted by molar-refractivity contribution is 7.85. The highest BCUT2D eigenvalue weighted by Gasteiger charge is 2.36. The molecule has 1 fully saturated rings. The summed E-state index contributed by atoms with van der Waals surface area (Å²) < 4.78 is 12.6. The molecule has 1 N–H and O–H groups in total. The fourth-order valence-corrected chi connectivity index (χ4v) is 5.47. The summed E-state index contributed by atoms with van der Waals surface area (Å²) in [5, 5.41) is 23.5. The normalized spacial score (nSPS) is 27.3. The Bertz CT molecular complexity index is 912. The largest absolute Gasteiger partial charge is 0.633 e. The molecule has 2 aromatic carbocycles. The van der Waals surface area contributed by atoms with E-state index in [1.165, 1.54) is 0 Å². The summed E-state index contributed by atoms with van der Waals surface area (Å²) >= 11 is 6.22. The van der Waals surface area contributed by atoms with E-state index in [1.54, 1.807) is 13.1 Å². The van der Waals surface area contributed by atoms with Crippen molar-refractivity contribution in [3.05, 3.63) is 52.7 Å². The van der Waals surface area contributed by atoms with Crippen LogP contribution in [0.15, 0.2) is 52.3 Å². The van der Waals surface area contributed by atoms with Crippen molar-refractivity contribution in [2.24, 2.45) is 0 Å². The number of anilines is 2. The minimum absolute atomic E-state index is 0. The first kappa shape index (κ1) is 24.8. The number of rotatable bonds is 4. The molecule has 30 heavy (non-hydrogen) atoms. The van der Waals surface area contributed by atoms with Crippen LogP contribution in [0.2, 0.25) is 5.02 Å². The molecule has 0 radical (unpaired) electrons. The van der Waals surface area contributed by atoms with Crippen molar-refractivity contribution < 1.29 is 18.7 Å². The summed E-state index contributed by atoms with van der Waals surface area (Å²) in [6.45, 7) is 3.07. The van der Waals surface area contributed by atoms with Gasteiger partial charge < -0.3 is 14.8 Å². The highest BCUT2D eigenvalue weighted by Crippen LogP contribution is 2.42. The average Bonchev–Trinajstić information content (AvgIpc) is 2.67. The van der Waals surface area contributed by atoms with E-state index in [9.17, 15) is 14.6 Å². The first-order valence-electron chi connectivity index (χ1n) is 9.50. The third-order valence-corrected chi connectivity index (χ3v) is 7.43. The number of halogens is 1. The minimum Gasteiger partial charge on any atom is -0.633 e. The van der Waals surface area contributed by atoms with Gasteiger partial charge in [0.05, 0.1) is 39.0 Å². The quantitative estimate of drug-likeness (QED) is 0.533. The molecule has 1 saturated heterocycles. The van der Waals surface area contributed by atoms with Crippen molar-refractivity contribution in [2.45, 2.75) is 31.1 Å². The van der Waals surface area contributed by atoms with E-state index in [2.05, 4.69) is 4.90 Å². The standard InChI is InChI=1S/C20H25ClN3O3S.2CH4/c1-23(25)11-13-24(26,14-12-23)10-4-9-22-17-5-2-3-6-19(17)28(27)20-8-7-16(21)15-18(20)22;;/h2-3,5-8,15,26H,4,9-14H2,1H3;2*1H4/q+1;;. The van der Waals surface area contributed by atoms with E-state index in [0.717, 1.165) is 27.6 Å². The second-order valence-corrected chi connectivity index (χ2v) is 9.72. The first-order chi connectivity index (χ1) is 13.3. The molecule has 4 rings (SSSR count). The topological polar surface area (TPSA) is 63.6 Å². The monoisotopic (exact) mass is 454 g/mol. The Morgan fingerprint density at radius 3 is 2.40 bits per heavy atom. The Morgan fingerprint density at radius 2 is 1.70 bits per heavy atom. The van der Waals surface area contributed by atoms with Gasteiger partial charge in [0.1, 0.15) is 19.6 Å². The van der Waals surface area contributed by atoms with Crippen LogP contribution in [-0.2, 0) is 10.8 Å². The lowest BCUT2D eigenvalue weighted by Crippen LogP contribution is -2.62. The SMILES string of the molecule is C.C.C[N+]1([O-])CC[N+](O)(CCCN2c3ccccc3S(=O)c3ccc(Cl)cc32)CC1. The number of likely N-dealkylation sites (N-methyl/N-ethyl adjacent to an activating group) is 1. The summed E-state index contributed by atoms with van der Waals surface area (Å²) in [7, 11) is 0.425. The van der Waals surface area contributed by atoms with Crippen molar-refractivity contribution in [1.29, 1.82) is 0 Å². The second-order valence-electron chi connectivity index (χ2n) is 7.86. The lowest BCUT2D eigenvalue weighted by Gasteiger charge is -2.46. The zero-order chi connectivity index (χ0) is 19.9. The number of hydroxylamine groups is 6. The lowest BCUT2D eigenvalue weighted by molar-refractivity contribution is -1.13. The molecule has 0 saturated carbocycles. The maximum absolute atomic E-state index is 13.0. The van der Waals surface area contributed by atoms with E-state index in [1.807, 2.05) is 36.4 Å². The van der Waals surface area contributed by atoms with E-state index >= 15 is 0 Å². The Hall–Kier alpha value is -1.48. The zero-order valence-corrected chi connectivity index (χ0v) is 17.5. The van der Waals surface area contributed by atoms with Gasteiger partial charge in [0.25, 0.3) is 0 Å². The van der Waals surface area contributed by atoms with E-state index in [-0.39, 0.29) is 24.1 Å². The fourth-order valence-electron chi connectivity index (χ4n) is 3.95. The van der Waals surface area contributed by atoms with Gasteiger partial charge >= 0.3 is 0 Å². The number of piperazine rings is 1. The van der Waals surface area contributed by atoms with Crippen LogP contribution in [0.25, 0.3) is 0 Å². The van der Waals surface area contributed by atoms with Crippen LogP contribution in [0.3, 0.4) is 0 Å². The maximum atomic E-state index is 13.0. The number of quaternary nitrogens is 2. The lowest BCUT2D eigenvalue weighted by atomic mass is 10.2. The molecule has 166 valence electrons. The summed E-state index contributed by atoms with van der Waals surface area (Å²) in [4.78, 5) is 3.69. The predicted octanol–water partition coefficient (Wildman–Crippen LogP) is 4.78. The molecule has 2 heterocycles. The van der Waals surface area contributed by atoms with Crippen molar-refractivity contribution >= 4 is 33.8 Å². The molecule has 1 atom stereocenters. The van der Waals surface area contributed by atoms with Gasteiger partial charge in [-0.25, -0.2) is 9.42 Å². The summed E-state index contributed by atoms with van der Waals surface area (Å²) in [6, 6.07) is 13.2. The molecular formula is C22H33ClN3O3S+. The van der Waals surface area contributed by atoms with Gasteiger partial charge in [0.15, 0.2) is 13.1 Å². The molecule has 0 aliphatic carbocycles. The van der Waals surface area contributed by atoms with Crippen molar-refractivity contribution in [1.82, 2.24) is 0 Å². The molecular weight excluding hydrogens is 422 g/mol. The van der Waals surface area contributed by atoms with E-state index < -0.39 is 10.8 Å². The molecule has 0 aromatic heterocycles. The van der Waals surface area contributed by atoms with Crippen LogP contribution < -0.4 is 4.90 Å². The smallest absolute Gasteiger partial charge is 0.158 e. The Morgan fingerprint density at radius 1 is 1.07 bits per heavy atom. The molecule has 2 aromatic rings. The predicted molar refractivity (Wildman–Crippen MR) is 124 cm³/mol. The summed E-state index contributed by atoms with van der Waals surface area (Å²) in [5.41, 5.74) is 1.78. The molecule has 0 bridgehead atoms. The molecule has 2 aliphatic rings. The van der Waals surface area contributed by atoms with Gasteiger partial charge in [0, 0.05) is 18.0 Å². The van der Waals surface area contributed by atoms with E-state index in [0.29, 0.717) is 44.3 Å². The molecule has 8 heteroatoms. The second kappa shape index (κ2) is 9.34. The van der Waals surface area contributed by atoms with Crippen molar-refractivity contribution in [2.75, 3.05) is 51.2 Å². The number of para-hydroxylation sites is 1. The molecule has 0 amide bonds. The highest BCUT2D eigenvalue weighted by atomic mass is 35.5. The van der Waals surface area contributed by atoms with Crippen LogP contribution in [-0.4, -0.2) is 65.0 Å². The van der Waals surface area contributed by atoms with Crippen LogP contribution in [0.1, 0.15) is 21.3 Å². The molecule has 1 unspecified atom stereocenters. The van der Waals surface area contributed by atoms with Gasteiger partial charge in [-0.15, -0.1) is 0 Å². The molecule has 6 nitrogen and oxygen atoms in total. The number of hydrogen-bond acceptors (Lipinski definition) is 4. The van der Waals surface area contributed by atoms with Gasteiger partial charge in [0.2, 0.25) is 0 Å². The molecule has 2 aliphatic heterocycles. The zero-order valence-electron chi connectivity index (χ0n) is 15.9. The van der Waals surface area contributed by atoms with Gasteiger partial charge in [-0.2, -0.15) is 4.65 Å². The van der Waals surface area contributed by atoms with Crippen LogP contribution in [0.4, 0.5) is 11.4 Å². The van der Waals surface area contributed by atoms with Crippen molar-refractivity contribution in [3.63, 3.8) is 0 Å². The maximum Gasteiger partial charge on any atom is 0.158 e. The summed E-state index contributed by atoms with van der Waals surface area (Å²) in [6.07, 6.45) is 0.742. The first-order valence-corrected chi connectivity index (χ1v) is 11.0. The number of benzene rings is 2. The third-order valence-electron chi connectivity index (χ3n) is 5.70. The summed E-state index contributed by atoms with van der Waals surface area (Å²) in [5.74, 6) is 0. The van der Waals surface area contributed by atoms with Crippen molar-refractivity contribution in [3.8, 4) is 0 Å². The van der Waals surface area contributed by atoms with Gasteiger partial charge in [-0.05, 0) is 30.3 Å².